The van der Waals surface area contributed by atoms with Gasteiger partial charge in [-0.3, -0.25) is 0 Å². The minimum atomic E-state index is -0.613. The zero-order valence-electron chi connectivity index (χ0n) is 11.4. The predicted octanol–water partition coefficient (Wildman–Crippen LogP) is 5.64. The second kappa shape index (κ2) is 6.55. The van der Waals surface area contributed by atoms with Crippen LogP contribution in [0.3, 0.4) is 0 Å². The van der Waals surface area contributed by atoms with Gasteiger partial charge in [-0.1, -0.05) is 57.3 Å². The molecule has 3 aromatic rings. The molecule has 0 saturated carbocycles. The van der Waals surface area contributed by atoms with Crippen molar-refractivity contribution in [2.75, 3.05) is 5.33 Å². The number of rotatable bonds is 3. The van der Waals surface area contributed by atoms with Crippen molar-refractivity contribution in [2.45, 2.75) is 6.10 Å². The average Bonchev–Trinajstić information content (AvgIpc) is 2.53. The molecule has 2 aromatic carbocycles. The number of hydrogen-bond acceptors (Lipinski definition) is 2. The highest BCUT2D eigenvalue weighted by molar-refractivity contribution is 9.09. The fourth-order valence-corrected chi connectivity index (χ4v) is 3.00. The first-order valence-electron chi connectivity index (χ1n) is 6.68. The third-order valence-corrected chi connectivity index (χ3v) is 4.55. The zero-order chi connectivity index (χ0) is 15.7. The van der Waals surface area contributed by atoms with Gasteiger partial charge in [-0.2, -0.15) is 0 Å². The Morgan fingerprint density at radius 2 is 1.68 bits per heavy atom. The van der Waals surface area contributed by atoms with Gasteiger partial charge in [-0.05, 0) is 35.9 Å². The molecular formula is C17H12BrCl2NO. The molecule has 1 atom stereocenters. The summed E-state index contributed by atoms with van der Waals surface area (Å²) in [6.45, 7) is 0. The lowest BCUT2D eigenvalue weighted by Gasteiger charge is -2.14. The summed E-state index contributed by atoms with van der Waals surface area (Å²) >= 11 is 15.3. The molecule has 0 aliphatic carbocycles. The molecule has 112 valence electrons. The first-order chi connectivity index (χ1) is 10.6. The molecule has 1 heterocycles. The van der Waals surface area contributed by atoms with Crippen LogP contribution in [0.25, 0.3) is 22.2 Å². The summed E-state index contributed by atoms with van der Waals surface area (Å²) in [5, 5.41) is 12.9. The maximum absolute atomic E-state index is 10.3. The minimum absolute atomic E-state index is 0.453. The number of pyridine rings is 1. The summed E-state index contributed by atoms with van der Waals surface area (Å²) < 4.78 is 0. The Kier molecular flexibility index (Phi) is 4.69. The number of hydrogen-bond donors (Lipinski definition) is 1. The Hall–Kier alpha value is -1.13. The van der Waals surface area contributed by atoms with Crippen LogP contribution in [0.15, 0.2) is 48.5 Å². The number of aliphatic hydroxyl groups is 1. The van der Waals surface area contributed by atoms with E-state index in [1.54, 1.807) is 12.1 Å². The molecule has 22 heavy (non-hydrogen) atoms. The molecule has 1 aromatic heterocycles. The highest BCUT2D eigenvalue weighted by atomic mass is 79.9. The molecule has 1 N–H and O–H groups in total. The Labute approximate surface area is 146 Å². The van der Waals surface area contributed by atoms with Crippen molar-refractivity contribution in [1.82, 2.24) is 4.98 Å². The van der Waals surface area contributed by atoms with Crippen LogP contribution in [0.5, 0.6) is 0 Å². The summed E-state index contributed by atoms with van der Waals surface area (Å²) in [6.07, 6.45) is -0.613. The monoisotopic (exact) mass is 395 g/mol. The van der Waals surface area contributed by atoms with E-state index in [9.17, 15) is 5.11 Å². The fraction of sp³-hybridized carbons (Fsp3) is 0.118. The van der Waals surface area contributed by atoms with Crippen LogP contribution >= 0.6 is 39.1 Å². The van der Waals surface area contributed by atoms with E-state index in [4.69, 9.17) is 23.2 Å². The van der Waals surface area contributed by atoms with E-state index in [0.717, 1.165) is 27.7 Å². The van der Waals surface area contributed by atoms with Gasteiger partial charge in [0.2, 0.25) is 0 Å². The Morgan fingerprint density at radius 1 is 1.00 bits per heavy atom. The number of aliphatic hydroxyl groups excluding tert-OH is 1. The highest BCUT2D eigenvalue weighted by Crippen LogP contribution is 2.31. The Bertz CT molecular complexity index is 821. The summed E-state index contributed by atoms with van der Waals surface area (Å²) in [5.41, 5.74) is 3.30. The van der Waals surface area contributed by atoms with Crippen LogP contribution in [0.1, 0.15) is 11.7 Å². The molecule has 0 unspecified atom stereocenters. The number of aromatic nitrogens is 1. The van der Waals surface area contributed by atoms with Gasteiger partial charge in [-0.15, -0.1) is 0 Å². The average molecular weight is 397 g/mol. The van der Waals surface area contributed by atoms with Gasteiger partial charge in [0.05, 0.1) is 17.3 Å². The van der Waals surface area contributed by atoms with Crippen molar-refractivity contribution in [3.8, 4) is 11.3 Å². The molecule has 0 saturated heterocycles. The van der Waals surface area contributed by atoms with Gasteiger partial charge in [-0.25, -0.2) is 4.98 Å². The number of nitrogens with zero attached hydrogens (tertiary/aromatic N) is 1. The molecule has 3 rings (SSSR count). The fourth-order valence-electron chi connectivity index (χ4n) is 2.36. The third-order valence-electron chi connectivity index (χ3n) is 3.45. The SMILES string of the molecule is O[C@H](CBr)c1cc(-c2ccc(Cl)cc2)nc2cc(Cl)ccc12. The molecule has 0 amide bonds. The van der Waals surface area contributed by atoms with Crippen LogP contribution in [-0.4, -0.2) is 15.4 Å². The lowest BCUT2D eigenvalue weighted by molar-refractivity contribution is 0.207. The maximum atomic E-state index is 10.3. The van der Waals surface area contributed by atoms with Gasteiger partial charge in [0.1, 0.15) is 0 Å². The van der Waals surface area contributed by atoms with Gasteiger partial charge >= 0.3 is 0 Å². The lowest BCUT2D eigenvalue weighted by atomic mass is 10.0. The molecule has 0 bridgehead atoms. The Balaban J connectivity index is 2.25. The molecule has 0 spiro atoms. The summed E-state index contributed by atoms with van der Waals surface area (Å²) in [6, 6.07) is 14.9. The van der Waals surface area contributed by atoms with E-state index < -0.39 is 6.10 Å². The van der Waals surface area contributed by atoms with E-state index in [1.165, 1.54) is 0 Å². The predicted molar refractivity (Wildman–Crippen MR) is 96.0 cm³/mol. The molecule has 2 nitrogen and oxygen atoms in total. The summed E-state index contributed by atoms with van der Waals surface area (Å²) in [7, 11) is 0. The van der Waals surface area contributed by atoms with Crippen molar-refractivity contribution in [3.05, 3.63) is 64.1 Å². The van der Waals surface area contributed by atoms with Crippen molar-refractivity contribution in [3.63, 3.8) is 0 Å². The number of fused-ring (bicyclic) bond motifs is 1. The largest absolute Gasteiger partial charge is 0.388 e. The van der Waals surface area contributed by atoms with Gasteiger partial charge < -0.3 is 5.11 Å². The second-order valence-corrected chi connectivity index (χ2v) is 6.46. The molecule has 5 heteroatoms. The van der Waals surface area contributed by atoms with Crippen LogP contribution in [0.4, 0.5) is 0 Å². The topological polar surface area (TPSA) is 33.1 Å². The highest BCUT2D eigenvalue weighted by Gasteiger charge is 2.14. The van der Waals surface area contributed by atoms with Crippen LogP contribution in [0.2, 0.25) is 10.0 Å². The van der Waals surface area contributed by atoms with E-state index in [-0.39, 0.29) is 0 Å². The van der Waals surface area contributed by atoms with E-state index >= 15 is 0 Å². The van der Waals surface area contributed by atoms with Gasteiger partial charge in [0.25, 0.3) is 0 Å². The van der Waals surface area contributed by atoms with E-state index in [0.29, 0.717) is 15.4 Å². The van der Waals surface area contributed by atoms with Crippen molar-refractivity contribution >= 4 is 50.0 Å². The van der Waals surface area contributed by atoms with Crippen LogP contribution in [0, 0.1) is 0 Å². The number of halogens is 3. The normalized spacial score (nSPS) is 12.5. The molecule has 0 aliphatic heterocycles. The standard InChI is InChI=1S/C17H12BrCl2NO/c18-9-17(22)14-8-15(10-1-3-11(19)4-2-10)21-16-7-12(20)5-6-13(14)16/h1-8,17,22H,9H2/t17-/m1/s1. The van der Waals surface area contributed by atoms with E-state index in [1.807, 2.05) is 36.4 Å². The second-order valence-electron chi connectivity index (χ2n) is 4.94. The van der Waals surface area contributed by atoms with E-state index in [2.05, 4.69) is 20.9 Å². The van der Waals surface area contributed by atoms with Crippen molar-refractivity contribution in [1.29, 1.82) is 0 Å². The van der Waals surface area contributed by atoms with Crippen molar-refractivity contribution < 1.29 is 5.11 Å². The van der Waals surface area contributed by atoms with Crippen molar-refractivity contribution in [2.24, 2.45) is 0 Å². The van der Waals surface area contributed by atoms with Gasteiger partial charge in [0.15, 0.2) is 0 Å². The molecule has 0 fully saturated rings. The minimum Gasteiger partial charge on any atom is -0.388 e. The summed E-state index contributed by atoms with van der Waals surface area (Å²) in [4.78, 5) is 4.66. The quantitative estimate of drug-likeness (QED) is 0.581. The zero-order valence-corrected chi connectivity index (χ0v) is 14.5. The third kappa shape index (κ3) is 3.13. The molecule has 0 radical (unpaired) electrons. The van der Waals surface area contributed by atoms with Gasteiger partial charge in [0, 0.05) is 26.3 Å². The Morgan fingerprint density at radius 3 is 2.36 bits per heavy atom. The number of alkyl halides is 1. The molecule has 0 aliphatic rings. The first-order valence-corrected chi connectivity index (χ1v) is 8.56. The number of benzene rings is 2. The molecular weight excluding hydrogens is 385 g/mol. The first kappa shape index (κ1) is 15.8. The maximum Gasteiger partial charge on any atom is 0.0894 e. The smallest absolute Gasteiger partial charge is 0.0894 e. The van der Waals surface area contributed by atoms with Crippen LogP contribution in [-0.2, 0) is 0 Å². The lowest BCUT2D eigenvalue weighted by Crippen LogP contribution is -2.01. The van der Waals surface area contributed by atoms with Crippen LogP contribution < -0.4 is 0 Å². The summed E-state index contributed by atoms with van der Waals surface area (Å²) in [5.74, 6) is 0.